The van der Waals surface area contributed by atoms with Crippen LogP contribution in [0.15, 0.2) is 35.8 Å². The van der Waals surface area contributed by atoms with Gasteiger partial charge in [0.05, 0.1) is 11.2 Å². The lowest BCUT2D eigenvalue weighted by molar-refractivity contribution is 0.202. The molecule has 1 aromatic carbocycles. The molecular formula is C20H28N4OS. The molecule has 2 heterocycles. The lowest BCUT2D eigenvalue weighted by atomic mass is 10.1. The molecule has 1 N–H and O–H groups in total. The molecule has 1 aromatic heterocycles. The molecular weight excluding hydrogens is 344 g/mol. The van der Waals surface area contributed by atoms with E-state index >= 15 is 0 Å². The zero-order valence-corrected chi connectivity index (χ0v) is 16.5. The summed E-state index contributed by atoms with van der Waals surface area (Å²) in [6.07, 6.45) is 3.07. The van der Waals surface area contributed by atoms with Gasteiger partial charge in [-0.05, 0) is 44.2 Å². The Balaban J connectivity index is 1.36. The number of anilines is 1. The number of carbonyl (C=O) groups excluding carboxylic acids is 1. The first-order valence-corrected chi connectivity index (χ1v) is 10.2. The highest BCUT2D eigenvalue weighted by atomic mass is 32.1. The van der Waals surface area contributed by atoms with Crippen LogP contribution in [0, 0.1) is 12.8 Å². The Labute approximate surface area is 160 Å². The first-order chi connectivity index (χ1) is 12.6. The zero-order chi connectivity index (χ0) is 18.4. The van der Waals surface area contributed by atoms with E-state index < -0.39 is 0 Å². The minimum absolute atomic E-state index is 0.0317. The fourth-order valence-electron chi connectivity index (χ4n) is 3.47. The standard InChI is InChI=1S/C20H28N4OS/c1-16-19(26-15-22-16)9-6-11-21-20(25)23(2)13-17-10-12-24(14-17)18-7-4-3-5-8-18/h3-5,7-8,15,17H,6,9-14H2,1-2H3,(H,21,25)/t17-/m1/s1. The van der Waals surface area contributed by atoms with E-state index in [0.717, 1.165) is 44.6 Å². The third-order valence-electron chi connectivity index (χ3n) is 4.99. The molecule has 3 rings (SSSR count). The second kappa shape index (κ2) is 9.03. The van der Waals surface area contributed by atoms with E-state index in [-0.39, 0.29) is 6.03 Å². The highest BCUT2D eigenvalue weighted by Crippen LogP contribution is 2.23. The number of thiazole rings is 1. The molecule has 0 radical (unpaired) electrons. The van der Waals surface area contributed by atoms with Crippen LogP contribution in [0.2, 0.25) is 0 Å². The van der Waals surface area contributed by atoms with Gasteiger partial charge < -0.3 is 15.1 Å². The van der Waals surface area contributed by atoms with Crippen LogP contribution in [0.5, 0.6) is 0 Å². The van der Waals surface area contributed by atoms with Gasteiger partial charge >= 0.3 is 6.03 Å². The molecule has 5 nitrogen and oxygen atoms in total. The minimum atomic E-state index is 0.0317. The highest BCUT2D eigenvalue weighted by Gasteiger charge is 2.24. The Morgan fingerprint density at radius 3 is 2.92 bits per heavy atom. The number of urea groups is 1. The van der Waals surface area contributed by atoms with Gasteiger partial charge in [0, 0.05) is 43.8 Å². The fourth-order valence-corrected chi connectivity index (χ4v) is 4.29. The number of hydrogen-bond donors (Lipinski definition) is 1. The molecule has 6 heteroatoms. The van der Waals surface area contributed by atoms with Crippen molar-refractivity contribution in [3.63, 3.8) is 0 Å². The third kappa shape index (κ3) is 4.97. The van der Waals surface area contributed by atoms with E-state index in [1.54, 1.807) is 11.3 Å². The number of hydrogen-bond acceptors (Lipinski definition) is 4. The van der Waals surface area contributed by atoms with Crippen molar-refractivity contribution >= 4 is 23.1 Å². The number of nitrogens with zero attached hydrogens (tertiary/aromatic N) is 3. The maximum Gasteiger partial charge on any atom is 0.317 e. The number of aromatic nitrogens is 1. The van der Waals surface area contributed by atoms with Gasteiger partial charge in [0.1, 0.15) is 0 Å². The Hall–Kier alpha value is -2.08. The first-order valence-electron chi connectivity index (χ1n) is 9.31. The quantitative estimate of drug-likeness (QED) is 0.756. The number of para-hydroxylation sites is 1. The van der Waals surface area contributed by atoms with Gasteiger partial charge in [-0.1, -0.05) is 18.2 Å². The summed E-state index contributed by atoms with van der Waals surface area (Å²) in [5.74, 6) is 0.533. The van der Waals surface area contributed by atoms with Crippen molar-refractivity contribution in [1.82, 2.24) is 15.2 Å². The van der Waals surface area contributed by atoms with Crippen LogP contribution in [0.25, 0.3) is 0 Å². The Morgan fingerprint density at radius 2 is 2.19 bits per heavy atom. The molecule has 0 aliphatic carbocycles. The predicted octanol–water partition coefficient (Wildman–Crippen LogP) is 3.55. The van der Waals surface area contributed by atoms with Crippen LogP contribution < -0.4 is 10.2 Å². The number of aryl methyl sites for hydroxylation is 2. The fraction of sp³-hybridized carbons (Fsp3) is 0.500. The molecule has 1 atom stereocenters. The normalized spacial score (nSPS) is 16.7. The number of benzene rings is 1. The van der Waals surface area contributed by atoms with Gasteiger partial charge in [-0.25, -0.2) is 9.78 Å². The summed E-state index contributed by atoms with van der Waals surface area (Å²) in [6.45, 7) is 5.65. The first kappa shape index (κ1) is 18.7. The van der Waals surface area contributed by atoms with E-state index in [1.165, 1.54) is 10.6 Å². The van der Waals surface area contributed by atoms with Gasteiger partial charge in [0.2, 0.25) is 0 Å². The molecule has 2 amide bonds. The molecule has 140 valence electrons. The highest BCUT2D eigenvalue weighted by molar-refractivity contribution is 7.09. The topological polar surface area (TPSA) is 48.5 Å². The number of nitrogens with one attached hydrogen (secondary N) is 1. The van der Waals surface area contributed by atoms with Crippen molar-refractivity contribution in [2.75, 3.05) is 38.1 Å². The lowest BCUT2D eigenvalue weighted by Crippen LogP contribution is -2.40. The molecule has 0 spiro atoms. The molecule has 2 aromatic rings. The summed E-state index contributed by atoms with van der Waals surface area (Å²) in [7, 11) is 1.90. The van der Waals surface area contributed by atoms with Crippen molar-refractivity contribution in [2.45, 2.75) is 26.2 Å². The molecule has 1 aliphatic heterocycles. The summed E-state index contributed by atoms with van der Waals surface area (Å²) in [4.78, 5) is 22.1. The lowest BCUT2D eigenvalue weighted by Gasteiger charge is -2.23. The van der Waals surface area contributed by atoms with Gasteiger partial charge in [-0.3, -0.25) is 0 Å². The van der Waals surface area contributed by atoms with Gasteiger partial charge in [0.15, 0.2) is 0 Å². The van der Waals surface area contributed by atoms with Crippen LogP contribution in [-0.4, -0.2) is 49.1 Å². The maximum atomic E-state index is 12.3. The number of rotatable bonds is 7. The van der Waals surface area contributed by atoms with Crippen LogP contribution in [0.4, 0.5) is 10.5 Å². The minimum Gasteiger partial charge on any atom is -0.371 e. The van der Waals surface area contributed by atoms with Gasteiger partial charge in [0.25, 0.3) is 0 Å². The summed E-state index contributed by atoms with van der Waals surface area (Å²) >= 11 is 1.70. The SMILES string of the molecule is Cc1ncsc1CCCNC(=O)N(C)C[C@H]1CCN(c2ccccc2)C1. The Bertz CT molecular complexity index is 703. The second-order valence-electron chi connectivity index (χ2n) is 7.01. The van der Waals surface area contributed by atoms with Crippen molar-refractivity contribution in [3.05, 3.63) is 46.4 Å². The molecule has 1 aliphatic rings. The monoisotopic (exact) mass is 372 g/mol. The van der Waals surface area contributed by atoms with E-state index in [1.807, 2.05) is 30.4 Å². The molecule has 26 heavy (non-hydrogen) atoms. The van der Waals surface area contributed by atoms with Crippen molar-refractivity contribution < 1.29 is 4.79 Å². The Morgan fingerprint density at radius 1 is 1.38 bits per heavy atom. The van der Waals surface area contributed by atoms with E-state index in [9.17, 15) is 4.79 Å². The van der Waals surface area contributed by atoms with E-state index in [0.29, 0.717) is 12.5 Å². The number of amides is 2. The predicted molar refractivity (Wildman–Crippen MR) is 108 cm³/mol. The summed E-state index contributed by atoms with van der Waals surface area (Å²) in [6, 6.07) is 10.6. The van der Waals surface area contributed by atoms with Gasteiger partial charge in [-0.15, -0.1) is 11.3 Å². The van der Waals surface area contributed by atoms with E-state index in [4.69, 9.17) is 0 Å². The van der Waals surface area contributed by atoms with Crippen LogP contribution in [0.1, 0.15) is 23.4 Å². The van der Waals surface area contributed by atoms with Crippen LogP contribution in [-0.2, 0) is 6.42 Å². The van der Waals surface area contributed by atoms with Crippen molar-refractivity contribution in [1.29, 1.82) is 0 Å². The average Bonchev–Trinajstić information content (AvgIpc) is 3.28. The summed E-state index contributed by atoms with van der Waals surface area (Å²) < 4.78 is 0. The van der Waals surface area contributed by atoms with Crippen molar-refractivity contribution in [2.24, 2.45) is 5.92 Å². The molecule has 1 saturated heterocycles. The molecule has 0 saturated carbocycles. The van der Waals surface area contributed by atoms with Gasteiger partial charge in [-0.2, -0.15) is 0 Å². The third-order valence-corrected chi connectivity index (χ3v) is 5.98. The van der Waals surface area contributed by atoms with Crippen LogP contribution >= 0.6 is 11.3 Å². The van der Waals surface area contributed by atoms with E-state index in [2.05, 4.69) is 39.5 Å². The zero-order valence-electron chi connectivity index (χ0n) is 15.6. The largest absolute Gasteiger partial charge is 0.371 e. The maximum absolute atomic E-state index is 12.3. The Kier molecular flexibility index (Phi) is 6.50. The summed E-state index contributed by atoms with van der Waals surface area (Å²) in [5, 5.41) is 3.04. The molecule has 0 unspecified atom stereocenters. The molecule has 1 fully saturated rings. The summed E-state index contributed by atoms with van der Waals surface area (Å²) in [5.41, 5.74) is 4.28. The van der Waals surface area contributed by atoms with Crippen molar-refractivity contribution in [3.8, 4) is 0 Å². The van der Waals surface area contributed by atoms with Crippen LogP contribution in [0.3, 0.4) is 0 Å². The molecule has 0 bridgehead atoms. The average molecular weight is 373 g/mol. The second-order valence-corrected chi connectivity index (χ2v) is 7.95. The smallest absolute Gasteiger partial charge is 0.317 e. The number of carbonyl (C=O) groups is 1.